The molecule has 0 bridgehead atoms. The zero-order valence-electron chi connectivity index (χ0n) is 9.23. The third-order valence-corrected chi connectivity index (χ3v) is 3.15. The molecular formula is C13H17FO2. The van der Waals surface area contributed by atoms with Crippen LogP contribution in [0.15, 0.2) is 24.3 Å². The molecule has 0 aromatic heterocycles. The van der Waals surface area contributed by atoms with Gasteiger partial charge in [0.2, 0.25) is 0 Å². The van der Waals surface area contributed by atoms with Gasteiger partial charge in [-0.25, -0.2) is 4.39 Å². The highest BCUT2D eigenvalue weighted by molar-refractivity contribution is 5.18. The lowest BCUT2D eigenvalue weighted by molar-refractivity contribution is 0.0435. The SMILES string of the molecule is OC(CC1CCOCC1)c1ccc(F)cc1. The molecule has 0 spiro atoms. The molecule has 1 unspecified atom stereocenters. The fourth-order valence-electron chi connectivity index (χ4n) is 2.12. The van der Waals surface area contributed by atoms with Gasteiger partial charge in [-0.2, -0.15) is 0 Å². The van der Waals surface area contributed by atoms with E-state index in [1.807, 2.05) is 0 Å². The molecule has 2 nitrogen and oxygen atoms in total. The molecule has 1 saturated heterocycles. The van der Waals surface area contributed by atoms with E-state index in [4.69, 9.17) is 4.74 Å². The van der Waals surface area contributed by atoms with Crippen LogP contribution in [0, 0.1) is 11.7 Å². The average molecular weight is 224 g/mol. The quantitative estimate of drug-likeness (QED) is 0.855. The van der Waals surface area contributed by atoms with Crippen LogP contribution >= 0.6 is 0 Å². The Labute approximate surface area is 95.1 Å². The van der Waals surface area contributed by atoms with E-state index >= 15 is 0 Å². The number of halogens is 1. The molecular weight excluding hydrogens is 207 g/mol. The first kappa shape index (κ1) is 11.6. The van der Waals surface area contributed by atoms with Crippen LogP contribution < -0.4 is 0 Å². The van der Waals surface area contributed by atoms with Crippen molar-refractivity contribution < 1.29 is 14.2 Å². The van der Waals surface area contributed by atoms with Gasteiger partial charge in [0.1, 0.15) is 5.82 Å². The van der Waals surface area contributed by atoms with Crippen molar-refractivity contribution in [3.8, 4) is 0 Å². The van der Waals surface area contributed by atoms with Gasteiger partial charge in [-0.3, -0.25) is 0 Å². The Kier molecular flexibility index (Phi) is 3.91. The minimum Gasteiger partial charge on any atom is -0.388 e. The Bertz CT molecular complexity index is 317. The van der Waals surface area contributed by atoms with Crippen LogP contribution in [-0.2, 0) is 4.74 Å². The monoisotopic (exact) mass is 224 g/mol. The lowest BCUT2D eigenvalue weighted by Crippen LogP contribution is -2.18. The summed E-state index contributed by atoms with van der Waals surface area (Å²) in [5, 5.41) is 10.0. The number of hydrogen-bond acceptors (Lipinski definition) is 2. The molecule has 1 heterocycles. The fraction of sp³-hybridized carbons (Fsp3) is 0.538. The van der Waals surface area contributed by atoms with Crippen molar-refractivity contribution in [1.82, 2.24) is 0 Å². The first-order valence-electron chi connectivity index (χ1n) is 5.77. The van der Waals surface area contributed by atoms with Crippen molar-refractivity contribution in [2.24, 2.45) is 5.92 Å². The van der Waals surface area contributed by atoms with Crippen LogP contribution in [0.2, 0.25) is 0 Å². The first-order valence-corrected chi connectivity index (χ1v) is 5.77. The van der Waals surface area contributed by atoms with Gasteiger partial charge in [0, 0.05) is 13.2 Å². The minimum absolute atomic E-state index is 0.262. The summed E-state index contributed by atoms with van der Waals surface area (Å²) in [4.78, 5) is 0. The van der Waals surface area contributed by atoms with Crippen molar-refractivity contribution in [2.75, 3.05) is 13.2 Å². The van der Waals surface area contributed by atoms with Gasteiger partial charge in [0.05, 0.1) is 6.10 Å². The molecule has 16 heavy (non-hydrogen) atoms. The summed E-state index contributed by atoms with van der Waals surface area (Å²) in [6.07, 6.45) is 2.29. The van der Waals surface area contributed by atoms with E-state index in [0.717, 1.165) is 38.0 Å². The summed E-state index contributed by atoms with van der Waals surface area (Å²) in [5.41, 5.74) is 0.799. The van der Waals surface area contributed by atoms with Gasteiger partial charge in [0.25, 0.3) is 0 Å². The summed E-state index contributed by atoms with van der Waals surface area (Å²) >= 11 is 0. The third-order valence-electron chi connectivity index (χ3n) is 3.15. The van der Waals surface area contributed by atoms with Gasteiger partial charge in [-0.15, -0.1) is 0 Å². The summed E-state index contributed by atoms with van der Waals surface area (Å²) in [7, 11) is 0. The summed E-state index contributed by atoms with van der Waals surface area (Å²) < 4.78 is 18.0. The molecule has 3 heteroatoms. The van der Waals surface area contributed by atoms with E-state index < -0.39 is 6.10 Å². The van der Waals surface area contributed by atoms with E-state index in [-0.39, 0.29) is 5.82 Å². The van der Waals surface area contributed by atoms with Crippen molar-refractivity contribution >= 4 is 0 Å². The fourth-order valence-corrected chi connectivity index (χ4v) is 2.12. The van der Waals surface area contributed by atoms with E-state index in [2.05, 4.69) is 0 Å². The molecule has 1 aliphatic heterocycles. The average Bonchev–Trinajstić information content (AvgIpc) is 2.31. The molecule has 0 radical (unpaired) electrons. The van der Waals surface area contributed by atoms with Crippen LogP contribution in [-0.4, -0.2) is 18.3 Å². The second-order valence-corrected chi connectivity index (χ2v) is 4.36. The van der Waals surface area contributed by atoms with Crippen molar-refractivity contribution in [2.45, 2.75) is 25.4 Å². The number of aliphatic hydroxyl groups excluding tert-OH is 1. The Morgan fingerprint density at radius 3 is 2.50 bits per heavy atom. The molecule has 0 saturated carbocycles. The van der Waals surface area contributed by atoms with Crippen LogP contribution in [0.4, 0.5) is 4.39 Å². The zero-order valence-corrected chi connectivity index (χ0v) is 9.23. The number of hydrogen-bond donors (Lipinski definition) is 1. The summed E-state index contributed by atoms with van der Waals surface area (Å²) in [5.74, 6) is 0.260. The summed E-state index contributed by atoms with van der Waals surface area (Å²) in [6, 6.07) is 6.09. The maximum absolute atomic E-state index is 12.7. The zero-order chi connectivity index (χ0) is 11.4. The molecule has 0 aliphatic carbocycles. The standard InChI is InChI=1S/C13H17FO2/c14-12-3-1-11(2-4-12)13(15)9-10-5-7-16-8-6-10/h1-4,10,13,15H,5-9H2. The Morgan fingerprint density at radius 1 is 1.25 bits per heavy atom. The number of rotatable bonds is 3. The van der Waals surface area contributed by atoms with Gasteiger partial charge < -0.3 is 9.84 Å². The molecule has 1 N–H and O–H groups in total. The van der Waals surface area contributed by atoms with Crippen LogP contribution in [0.25, 0.3) is 0 Å². The van der Waals surface area contributed by atoms with E-state index in [1.54, 1.807) is 12.1 Å². The molecule has 1 aromatic rings. The highest BCUT2D eigenvalue weighted by Crippen LogP contribution is 2.27. The number of aliphatic hydroxyl groups is 1. The largest absolute Gasteiger partial charge is 0.388 e. The number of benzene rings is 1. The molecule has 1 aromatic carbocycles. The molecule has 2 rings (SSSR count). The first-order chi connectivity index (χ1) is 7.75. The van der Waals surface area contributed by atoms with Crippen molar-refractivity contribution in [1.29, 1.82) is 0 Å². The predicted octanol–water partition coefficient (Wildman–Crippen LogP) is 2.68. The number of ether oxygens (including phenoxy) is 1. The van der Waals surface area contributed by atoms with Crippen LogP contribution in [0.5, 0.6) is 0 Å². The maximum atomic E-state index is 12.7. The molecule has 1 atom stereocenters. The second kappa shape index (κ2) is 5.41. The highest BCUT2D eigenvalue weighted by Gasteiger charge is 2.18. The van der Waals surface area contributed by atoms with Crippen LogP contribution in [0.1, 0.15) is 30.9 Å². The van der Waals surface area contributed by atoms with Crippen molar-refractivity contribution in [3.63, 3.8) is 0 Å². The maximum Gasteiger partial charge on any atom is 0.123 e. The third kappa shape index (κ3) is 3.03. The van der Waals surface area contributed by atoms with E-state index in [9.17, 15) is 9.50 Å². The smallest absolute Gasteiger partial charge is 0.123 e. The Balaban J connectivity index is 1.91. The van der Waals surface area contributed by atoms with E-state index in [1.165, 1.54) is 12.1 Å². The topological polar surface area (TPSA) is 29.5 Å². The molecule has 88 valence electrons. The lowest BCUT2D eigenvalue weighted by Gasteiger charge is -2.24. The van der Waals surface area contributed by atoms with Crippen molar-refractivity contribution in [3.05, 3.63) is 35.6 Å². The van der Waals surface area contributed by atoms with Gasteiger partial charge in [-0.1, -0.05) is 12.1 Å². The highest BCUT2D eigenvalue weighted by atomic mass is 19.1. The molecule has 0 amide bonds. The Hall–Kier alpha value is -0.930. The summed E-state index contributed by atoms with van der Waals surface area (Å²) in [6.45, 7) is 1.58. The predicted molar refractivity (Wildman–Crippen MR) is 59.5 cm³/mol. The van der Waals surface area contributed by atoms with Gasteiger partial charge in [-0.05, 0) is 42.9 Å². The lowest BCUT2D eigenvalue weighted by atomic mass is 9.91. The normalized spacial score (nSPS) is 19.6. The second-order valence-electron chi connectivity index (χ2n) is 4.36. The molecule has 1 aliphatic rings. The Morgan fingerprint density at radius 2 is 1.88 bits per heavy atom. The minimum atomic E-state index is -0.483. The van der Waals surface area contributed by atoms with E-state index in [0.29, 0.717) is 5.92 Å². The van der Waals surface area contributed by atoms with Gasteiger partial charge >= 0.3 is 0 Å². The van der Waals surface area contributed by atoms with Gasteiger partial charge in [0.15, 0.2) is 0 Å². The molecule has 1 fully saturated rings. The van der Waals surface area contributed by atoms with Crippen LogP contribution in [0.3, 0.4) is 0 Å².